The highest BCUT2D eigenvalue weighted by Gasteiger charge is 2.20. The minimum absolute atomic E-state index is 0.170. The molecule has 0 radical (unpaired) electrons. The van der Waals surface area contributed by atoms with Crippen LogP contribution < -0.4 is 4.72 Å². The van der Waals surface area contributed by atoms with Crippen LogP contribution in [0, 0.1) is 18.3 Å². The van der Waals surface area contributed by atoms with Crippen molar-refractivity contribution in [3.8, 4) is 6.07 Å². The Morgan fingerprint density at radius 3 is 2.78 bits per heavy atom. The number of rotatable bonds is 3. The third kappa shape index (κ3) is 2.23. The van der Waals surface area contributed by atoms with Gasteiger partial charge in [-0.2, -0.15) is 10.4 Å². The predicted molar refractivity (Wildman–Crippen MR) is 67.8 cm³/mol. The van der Waals surface area contributed by atoms with Gasteiger partial charge in [0, 0.05) is 11.9 Å². The van der Waals surface area contributed by atoms with Crippen molar-refractivity contribution in [2.75, 3.05) is 4.72 Å². The molecule has 0 fully saturated rings. The van der Waals surface area contributed by atoms with Crippen LogP contribution in [0.1, 0.15) is 10.4 Å². The molecule has 0 amide bonds. The van der Waals surface area contributed by atoms with E-state index in [9.17, 15) is 8.42 Å². The number of aryl methyl sites for hydroxylation is 2. The molecule has 2 aromatic heterocycles. The lowest BCUT2D eigenvalue weighted by molar-refractivity contribution is 0.602. The summed E-state index contributed by atoms with van der Waals surface area (Å²) in [5, 5.41) is 12.7. The van der Waals surface area contributed by atoms with Crippen molar-refractivity contribution in [2.45, 2.75) is 11.1 Å². The highest BCUT2D eigenvalue weighted by atomic mass is 32.2. The second-order valence-corrected chi connectivity index (χ2v) is 6.81. The Labute approximate surface area is 109 Å². The van der Waals surface area contributed by atoms with Gasteiger partial charge in [-0.25, -0.2) is 8.42 Å². The van der Waals surface area contributed by atoms with E-state index in [0.717, 1.165) is 4.88 Å². The van der Waals surface area contributed by atoms with E-state index in [1.807, 2.05) is 13.0 Å². The molecule has 0 aromatic carbocycles. The van der Waals surface area contributed by atoms with Crippen molar-refractivity contribution in [2.24, 2.45) is 7.05 Å². The molecular formula is C10H10N4O2S2. The van der Waals surface area contributed by atoms with Gasteiger partial charge >= 0.3 is 0 Å². The number of nitrogens with zero attached hydrogens (tertiary/aromatic N) is 3. The summed E-state index contributed by atoms with van der Waals surface area (Å²) in [6, 6.07) is 5.15. The molecule has 0 spiro atoms. The molecule has 0 bridgehead atoms. The van der Waals surface area contributed by atoms with E-state index >= 15 is 0 Å². The summed E-state index contributed by atoms with van der Waals surface area (Å²) < 4.78 is 28.1. The quantitative estimate of drug-likeness (QED) is 0.923. The normalized spacial score (nSPS) is 11.2. The molecule has 0 saturated heterocycles. The van der Waals surface area contributed by atoms with Crippen LogP contribution in [0.4, 0.5) is 5.82 Å². The van der Waals surface area contributed by atoms with Gasteiger partial charge in [0.15, 0.2) is 5.82 Å². The van der Waals surface area contributed by atoms with Crippen molar-refractivity contribution in [1.82, 2.24) is 9.78 Å². The summed E-state index contributed by atoms with van der Waals surface area (Å²) in [7, 11) is -2.09. The van der Waals surface area contributed by atoms with Crippen LogP contribution in [0.15, 0.2) is 22.5 Å². The SMILES string of the molecule is Cc1ccc(S(=O)(=O)Nc2c(C#N)cnn2C)s1. The van der Waals surface area contributed by atoms with Gasteiger partial charge < -0.3 is 0 Å². The van der Waals surface area contributed by atoms with E-state index in [1.165, 1.54) is 28.3 Å². The van der Waals surface area contributed by atoms with E-state index in [4.69, 9.17) is 5.26 Å². The number of hydrogen-bond donors (Lipinski definition) is 1. The van der Waals surface area contributed by atoms with Crippen LogP contribution in [0.5, 0.6) is 0 Å². The molecule has 2 rings (SSSR count). The maximum atomic E-state index is 12.1. The fourth-order valence-electron chi connectivity index (χ4n) is 1.37. The van der Waals surface area contributed by atoms with Crippen molar-refractivity contribution >= 4 is 27.2 Å². The Morgan fingerprint density at radius 2 is 2.22 bits per heavy atom. The molecule has 0 aliphatic heterocycles. The summed E-state index contributed by atoms with van der Waals surface area (Å²) in [6.45, 7) is 1.83. The third-order valence-corrected chi connectivity index (χ3v) is 5.10. The Bertz CT molecular complexity index is 721. The van der Waals surface area contributed by atoms with E-state index < -0.39 is 10.0 Å². The standard InChI is InChI=1S/C10H10N4O2S2/c1-7-3-4-9(17-7)18(15,16)13-10-8(5-11)6-12-14(10)2/h3-4,6,13H,1-2H3. The minimum Gasteiger partial charge on any atom is -0.262 e. The molecule has 18 heavy (non-hydrogen) atoms. The Hall–Kier alpha value is -1.85. The Balaban J connectivity index is 2.40. The molecule has 2 heterocycles. The molecule has 1 N–H and O–H groups in total. The fraction of sp³-hybridized carbons (Fsp3) is 0.200. The van der Waals surface area contributed by atoms with Crippen molar-refractivity contribution < 1.29 is 8.42 Å². The molecule has 2 aromatic rings. The first-order valence-corrected chi connectivity index (χ1v) is 7.25. The molecule has 6 nitrogen and oxygen atoms in total. The molecule has 0 saturated carbocycles. The molecular weight excluding hydrogens is 272 g/mol. The number of sulfonamides is 1. The summed E-state index contributed by atoms with van der Waals surface area (Å²) >= 11 is 1.17. The average Bonchev–Trinajstić information content (AvgIpc) is 2.87. The van der Waals surface area contributed by atoms with Gasteiger partial charge in [0.05, 0.1) is 6.20 Å². The monoisotopic (exact) mass is 282 g/mol. The maximum Gasteiger partial charge on any atom is 0.272 e. The molecule has 0 aliphatic rings. The summed E-state index contributed by atoms with van der Waals surface area (Å²) in [5.41, 5.74) is 0.189. The van der Waals surface area contributed by atoms with Crippen LogP contribution in [-0.2, 0) is 17.1 Å². The number of nitrogens with one attached hydrogen (secondary N) is 1. The lowest BCUT2D eigenvalue weighted by Crippen LogP contribution is -2.15. The summed E-state index contributed by atoms with van der Waals surface area (Å²) in [4.78, 5) is 0.904. The highest BCUT2D eigenvalue weighted by Crippen LogP contribution is 2.24. The third-order valence-electron chi connectivity index (χ3n) is 2.27. The van der Waals surface area contributed by atoms with Crippen LogP contribution in [0.25, 0.3) is 0 Å². The van der Waals surface area contributed by atoms with Crippen molar-refractivity contribution in [1.29, 1.82) is 5.26 Å². The Morgan fingerprint density at radius 1 is 1.50 bits per heavy atom. The lowest BCUT2D eigenvalue weighted by atomic mass is 10.4. The van der Waals surface area contributed by atoms with E-state index in [2.05, 4.69) is 9.82 Å². The van der Waals surface area contributed by atoms with Gasteiger partial charge in [0.2, 0.25) is 0 Å². The zero-order chi connectivity index (χ0) is 13.3. The molecule has 0 aliphatic carbocycles. The largest absolute Gasteiger partial charge is 0.272 e. The van der Waals surface area contributed by atoms with Gasteiger partial charge in [-0.05, 0) is 19.1 Å². The second-order valence-electron chi connectivity index (χ2n) is 3.61. The minimum atomic E-state index is -3.66. The molecule has 0 unspecified atom stereocenters. The van der Waals surface area contributed by atoms with Crippen LogP contribution in [0.3, 0.4) is 0 Å². The number of hydrogen-bond acceptors (Lipinski definition) is 5. The average molecular weight is 282 g/mol. The fourth-order valence-corrected chi connectivity index (χ4v) is 3.77. The second kappa shape index (κ2) is 4.44. The van der Waals surface area contributed by atoms with Gasteiger partial charge in [-0.1, -0.05) is 0 Å². The summed E-state index contributed by atoms with van der Waals surface area (Å²) in [5.74, 6) is 0.170. The van der Waals surface area contributed by atoms with E-state index in [-0.39, 0.29) is 15.6 Å². The van der Waals surface area contributed by atoms with Gasteiger partial charge in [0.25, 0.3) is 10.0 Å². The Kier molecular flexibility index (Phi) is 3.11. The first-order valence-electron chi connectivity index (χ1n) is 4.95. The predicted octanol–water partition coefficient (Wildman–Crippen LogP) is 1.46. The molecule has 8 heteroatoms. The van der Waals surface area contributed by atoms with Crippen LogP contribution in [-0.4, -0.2) is 18.2 Å². The molecule has 94 valence electrons. The number of anilines is 1. The first-order chi connectivity index (χ1) is 8.44. The van der Waals surface area contributed by atoms with Crippen LogP contribution in [0.2, 0.25) is 0 Å². The number of aromatic nitrogens is 2. The highest BCUT2D eigenvalue weighted by molar-refractivity contribution is 7.94. The number of nitriles is 1. The van der Waals surface area contributed by atoms with E-state index in [1.54, 1.807) is 13.1 Å². The zero-order valence-electron chi connectivity index (χ0n) is 9.71. The van der Waals surface area contributed by atoms with Crippen LogP contribution >= 0.6 is 11.3 Å². The van der Waals surface area contributed by atoms with Gasteiger partial charge in [0.1, 0.15) is 15.8 Å². The smallest absolute Gasteiger partial charge is 0.262 e. The van der Waals surface area contributed by atoms with Gasteiger partial charge in [-0.3, -0.25) is 9.40 Å². The topological polar surface area (TPSA) is 87.8 Å². The lowest BCUT2D eigenvalue weighted by Gasteiger charge is -2.06. The zero-order valence-corrected chi connectivity index (χ0v) is 11.3. The number of thiophene rings is 1. The summed E-state index contributed by atoms with van der Waals surface area (Å²) in [6.07, 6.45) is 1.32. The molecule has 0 atom stereocenters. The first kappa shape index (κ1) is 12.6. The maximum absolute atomic E-state index is 12.1. The van der Waals surface area contributed by atoms with E-state index in [0.29, 0.717) is 0 Å². The van der Waals surface area contributed by atoms with Crippen molar-refractivity contribution in [3.63, 3.8) is 0 Å². The van der Waals surface area contributed by atoms with Crippen molar-refractivity contribution in [3.05, 3.63) is 28.8 Å². The van der Waals surface area contributed by atoms with Gasteiger partial charge in [-0.15, -0.1) is 11.3 Å².